The summed E-state index contributed by atoms with van der Waals surface area (Å²) in [5.41, 5.74) is 7.53. The molecule has 0 unspecified atom stereocenters. The molecule has 1 aromatic heterocycles. The lowest BCUT2D eigenvalue weighted by Gasteiger charge is -2.25. The van der Waals surface area contributed by atoms with Crippen LogP contribution in [0.25, 0.3) is 17.0 Å². The highest BCUT2D eigenvalue weighted by Gasteiger charge is 2.39. The number of fused-ring (bicyclic) bond motifs is 2. The van der Waals surface area contributed by atoms with Crippen LogP contribution in [0.5, 0.6) is 0 Å². The van der Waals surface area contributed by atoms with Crippen molar-refractivity contribution >= 4 is 40.4 Å². The van der Waals surface area contributed by atoms with Gasteiger partial charge in [0, 0.05) is 61.2 Å². The molecule has 0 aliphatic carbocycles. The topological polar surface area (TPSA) is 70.8 Å². The summed E-state index contributed by atoms with van der Waals surface area (Å²) in [5.74, 6) is -1.43. The summed E-state index contributed by atoms with van der Waals surface area (Å²) in [6.45, 7) is 10.7. The van der Waals surface area contributed by atoms with Gasteiger partial charge in [0.25, 0.3) is 11.8 Å². The van der Waals surface area contributed by atoms with Gasteiger partial charge in [0.05, 0.1) is 5.39 Å². The summed E-state index contributed by atoms with van der Waals surface area (Å²) in [7, 11) is 0. The van der Waals surface area contributed by atoms with E-state index < -0.39 is 17.8 Å². The Morgan fingerprint density at radius 1 is 1.02 bits per heavy atom. The van der Waals surface area contributed by atoms with Gasteiger partial charge in [-0.3, -0.25) is 9.59 Å². The molecule has 3 heterocycles. The normalized spacial score (nSPS) is 17.2. The van der Waals surface area contributed by atoms with Crippen LogP contribution in [-0.4, -0.2) is 29.4 Å². The van der Waals surface area contributed by atoms with Crippen molar-refractivity contribution < 1.29 is 23.8 Å². The first-order valence-electron chi connectivity index (χ1n) is 15.0. The van der Waals surface area contributed by atoms with Gasteiger partial charge in [0.15, 0.2) is 6.20 Å². The van der Waals surface area contributed by atoms with Crippen molar-refractivity contribution in [2.45, 2.75) is 78.2 Å². The first-order valence-corrected chi connectivity index (χ1v) is 15.0. The number of amides is 2. The summed E-state index contributed by atoms with van der Waals surface area (Å²) in [5, 5.41) is 1.81. The van der Waals surface area contributed by atoms with Gasteiger partial charge in [0.1, 0.15) is 6.54 Å². The molecule has 1 fully saturated rings. The van der Waals surface area contributed by atoms with Crippen LogP contribution in [0, 0.1) is 6.92 Å². The van der Waals surface area contributed by atoms with Crippen molar-refractivity contribution in [3.05, 3.63) is 89.3 Å². The van der Waals surface area contributed by atoms with Crippen LogP contribution in [0.15, 0.2) is 72.6 Å². The fourth-order valence-corrected chi connectivity index (χ4v) is 6.06. The zero-order valence-corrected chi connectivity index (χ0v) is 25.1. The van der Waals surface area contributed by atoms with E-state index >= 15 is 0 Å². The number of para-hydroxylation sites is 1. The number of carbonyl (C=O) groups excluding carboxylic acids is 3. The van der Waals surface area contributed by atoms with Crippen LogP contribution in [-0.2, 0) is 31.2 Å². The third-order valence-corrected chi connectivity index (χ3v) is 8.33. The fraction of sp³-hybridized carbons (Fsp3) is 0.371. The van der Waals surface area contributed by atoms with Crippen molar-refractivity contribution in [2.24, 2.45) is 0 Å². The van der Waals surface area contributed by atoms with Crippen molar-refractivity contribution in [1.82, 2.24) is 5.06 Å². The van der Waals surface area contributed by atoms with Crippen LogP contribution in [0.1, 0.15) is 76.0 Å². The van der Waals surface area contributed by atoms with E-state index in [0.717, 1.165) is 31.4 Å². The number of imide groups is 1. The quantitative estimate of drug-likeness (QED) is 0.163. The van der Waals surface area contributed by atoms with E-state index in [4.69, 9.17) is 4.84 Å². The largest absolute Gasteiger partial charge is 0.344 e. The zero-order valence-electron chi connectivity index (χ0n) is 25.1. The third-order valence-electron chi connectivity index (χ3n) is 8.33. The number of allylic oxidation sites excluding steroid dienone is 3. The minimum absolute atomic E-state index is 0.0662. The minimum atomic E-state index is -0.537. The van der Waals surface area contributed by atoms with E-state index in [2.05, 4.69) is 110 Å². The van der Waals surface area contributed by atoms with E-state index in [1.54, 1.807) is 0 Å². The average molecular weight is 567 g/mol. The second kappa shape index (κ2) is 12.3. The number of hydrogen-bond acceptors (Lipinski definition) is 5. The molecule has 0 atom stereocenters. The van der Waals surface area contributed by atoms with E-state index in [9.17, 15) is 14.4 Å². The van der Waals surface area contributed by atoms with Gasteiger partial charge < -0.3 is 9.74 Å². The molecule has 218 valence electrons. The first kappa shape index (κ1) is 29.2. The monoisotopic (exact) mass is 566 g/mol. The van der Waals surface area contributed by atoms with Crippen LogP contribution in [0.4, 0.5) is 5.69 Å². The van der Waals surface area contributed by atoms with E-state index in [1.165, 1.54) is 33.5 Å². The molecular weight excluding hydrogens is 526 g/mol. The van der Waals surface area contributed by atoms with Gasteiger partial charge in [-0.2, -0.15) is 4.57 Å². The number of unbranched alkanes of at least 4 members (excludes halogenated alkanes) is 2. The molecular formula is C35H40N3O4+. The van der Waals surface area contributed by atoms with E-state index in [-0.39, 0.29) is 24.7 Å². The smallest absolute Gasteiger partial charge is 0.333 e. The predicted octanol–water partition coefficient (Wildman–Crippen LogP) is 6.32. The molecule has 0 bridgehead atoms. The second-order valence-corrected chi connectivity index (χ2v) is 11.6. The number of aromatic nitrogens is 1. The summed E-state index contributed by atoms with van der Waals surface area (Å²) in [6.07, 6.45) is 11.5. The summed E-state index contributed by atoms with van der Waals surface area (Å²) in [6, 6.07) is 17.3. The maximum absolute atomic E-state index is 12.1. The maximum atomic E-state index is 12.1. The number of carbonyl (C=O) groups is 3. The van der Waals surface area contributed by atoms with Crippen molar-refractivity contribution in [1.29, 1.82) is 0 Å². The predicted molar refractivity (Wildman–Crippen MR) is 164 cm³/mol. The fourth-order valence-electron chi connectivity index (χ4n) is 6.06. The van der Waals surface area contributed by atoms with E-state index in [1.807, 2.05) is 0 Å². The number of nitrogens with zero attached hydrogens (tertiary/aromatic N) is 3. The Kier molecular flexibility index (Phi) is 8.57. The van der Waals surface area contributed by atoms with Gasteiger partial charge in [-0.15, -0.1) is 5.06 Å². The molecule has 0 saturated carbocycles. The van der Waals surface area contributed by atoms with Gasteiger partial charge in [-0.05, 0) is 56.0 Å². The molecule has 2 aliphatic rings. The van der Waals surface area contributed by atoms with Crippen molar-refractivity contribution in [3.63, 3.8) is 0 Å². The van der Waals surface area contributed by atoms with Crippen LogP contribution in [0.3, 0.4) is 0 Å². The van der Waals surface area contributed by atoms with Gasteiger partial charge in [0.2, 0.25) is 5.52 Å². The highest BCUT2D eigenvalue weighted by molar-refractivity contribution is 6.01. The Labute approximate surface area is 248 Å². The molecule has 7 heteroatoms. The van der Waals surface area contributed by atoms with Crippen molar-refractivity contribution in [3.8, 4) is 0 Å². The maximum Gasteiger partial charge on any atom is 0.333 e. The lowest BCUT2D eigenvalue weighted by atomic mass is 9.83. The Balaban J connectivity index is 1.23. The number of likely N-dealkylation sites (N-methyl/N-ethyl adjacent to an activating group) is 1. The highest BCUT2D eigenvalue weighted by Crippen LogP contribution is 2.47. The Hall–Kier alpha value is -4.26. The molecule has 2 amide bonds. The molecule has 2 aliphatic heterocycles. The second-order valence-electron chi connectivity index (χ2n) is 11.6. The highest BCUT2D eigenvalue weighted by atomic mass is 16.7. The number of hydrogen-bond donors (Lipinski definition) is 0. The van der Waals surface area contributed by atoms with Gasteiger partial charge in [-0.25, -0.2) is 4.79 Å². The Morgan fingerprint density at radius 2 is 1.79 bits per heavy atom. The standard InChI is InChI=1S/C35H40N3O4/c1-5-37-30-18-17-25(2)24-28(30)35(3,4)31(37)15-11-12-26-21-23-36(29-14-9-8-13-27(26)29)22-10-6-7-16-34(41)42-38-32(39)19-20-33(38)40/h8-9,11-15,17-18,21,23-24H,5-7,10,16,19-20,22H2,1-4H3/q+1. The number of aryl methyl sites for hydroxylation is 2. The van der Waals surface area contributed by atoms with Crippen LogP contribution >= 0.6 is 0 Å². The number of benzene rings is 2. The summed E-state index contributed by atoms with van der Waals surface area (Å²) >= 11 is 0. The molecule has 2 aromatic carbocycles. The SMILES string of the molecule is CCN1C(=CC=Cc2cc[n+](CCCCCC(=O)ON3C(=O)CCC3=O)c3ccccc23)C(C)(C)c2cc(C)ccc21. The minimum Gasteiger partial charge on any atom is -0.344 e. The van der Waals surface area contributed by atoms with Gasteiger partial charge in [-0.1, -0.05) is 55.8 Å². The zero-order chi connectivity index (χ0) is 29.9. The third kappa shape index (κ3) is 5.87. The molecule has 42 heavy (non-hydrogen) atoms. The molecule has 3 aromatic rings. The summed E-state index contributed by atoms with van der Waals surface area (Å²) in [4.78, 5) is 42.7. The molecule has 7 nitrogen and oxygen atoms in total. The lowest BCUT2D eigenvalue weighted by Crippen LogP contribution is -2.34. The number of pyridine rings is 1. The molecule has 1 saturated heterocycles. The van der Waals surface area contributed by atoms with Crippen molar-refractivity contribution in [2.75, 3.05) is 11.4 Å². The molecule has 0 N–H and O–H groups in total. The number of rotatable bonds is 10. The average Bonchev–Trinajstić information content (AvgIpc) is 3.40. The Bertz CT molecular complexity index is 1570. The number of hydroxylamine groups is 2. The van der Waals surface area contributed by atoms with Crippen LogP contribution in [0.2, 0.25) is 0 Å². The Morgan fingerprint density at radius 3 is 2.55 bits per heavy atom. The van der Waals surface area contributed by atoms with E-state index in [0.29, 0.717) is 11.5 Å². The molecule has 0 radical (unpaired) electrons. The van der Waals surface area contributed by atoms with Gasteiger partial charge >= 0.3 is 5.97 Å². The molecule has 5 rings (SSSR count). The molecule has 0 spiro atoms. The first-order chi connectivity index (χ1) is 20.2. The number of anilines is 1. The lowest BCUT2D eigenvalue weighted by molar-refractivity contribution is -0.671. The summed E-state index contributed by atoms with van der Waals surface area (Å²) < 4.78 is 2.25. The van der Waals surface area contributed by atoms with Crippen LogP contribution < -0.4 is 9.47 Å².